The van der Waals surface area contributed by atoms with E-state index in [1.165, 1.54) is 0 Å². The highest BCUT2D eigenvalue weighted by molar-refractivity contribution is 9.10. The smallest absolute Gasteiger partial charge is 0.163 e. The van der Waals surface area contributed by atoms with Crippen LogP contribution in [0.4, 0.5) is 0 Å². The van der Waals surface area contributed by atoms with Gasteiger partial charge in [-0.2, -0.15) is 0 Å². The normalized spacial score (nSPS) is 14.1. The third-order valence-electron chi connectivity index (χ3n) is 3.33. The number of hydrogen-bond donors (Lipinski definition) is 1. The predicted molar refractivity (Wildman–Crippen MR) is 82.6 cm³/mol. The average molecular weight is 346 g/mol. The van der Waals surface area contributed by atoms with Crippen molar-refractivity contribution in [1.29, 1.82) is 0 Å². The number of aromatic amines is 1. The van der Waals surface area contributed by atoms with Crippen LogP contribution in [0, 0.1) is 0 Å². The summed E-state index contributed by atoms with van der Waals surface area (Å²) in [5.41, 5.74) is 2.71. The topological polar surface area (TPSA) is 60.0 Å². The van der Waals surface area contributed by atoms with Gasteiger partial charge in [0, 0.05) is 41.0 Å². The Morgan fingerprint density at radius 2 is 1.86 bits per heavy atom. The van der Waals surface area contributed by atoms with Crippen molar-refractivity contribution in [2.45, 2.75) is 6.42 Å². The number of rotatable bonds is 1. The van der Waals surface area contributed by atoms with E-state index in [4.69, 9.17) is 9.47 Å². The van der Waals surface area contributed by atoms with Gasteiger partial charge in [0.2, 0.25) is 0 Å². The molecule has 1 aliphatic rings. The summed E-state index contributed by atoms with van der Waals surface area (Å²) in [5.74, 6) is 2.30. The van der Waals surface area contributed by atoms with E-state index < -0.39 is 0 Å². The van der Waals surface area contributed by atoms with Crippen LogP contribution in [0.25, 0.3) is 22.4 Å². The van der Waals surface area contributed by atoms with Gasteiger partial charge in [0.05, 0.1) is 24.2 Å². The standard InChI is InChI=1S/C15H12BrN3O2/c16-10-4-9(7-17-8-10)15-18-11-5-13-14(6-12(11)19-15)21-3-1-2-20-13/h4-8H,1-3H2,(H,18,19). The van der Waals surface area contributed by atoms with E-state index in [2.05, 4.69) is 30.9 Å². The SMILES string of the molecule is Brc1cncc(-c2nc3cc4c(cc3[nH]2)OCCCO4)c1. The molecule has 2 aromatic heterocycles. The van der Waals surface area contributed by atoms with Crippen molar-refractivity contribution in [2.75, 3.05) is 13.2 Å². The number of benzene rings is 1. The monoisotopic (exact) mass is 345 g/mol. The van der Waals surface area contributed by atoms with Crippen LogP contribution in [0.3, 0.4) is 0 Å². The number of pyridine rings is 1. The summed E-state index contributed by atoms with van der Waals surface area (Å²) in [6.07, 6.45) is 4.42. The first kappa shape index (κ1) is 12.6. The van der Waals surface area contributed by atoms with Crippen LogP contribution in [0.15, 0.2) is 35.1 Å². The molecule has 0 saturated carbocycles. The number of halogens is 1. The van der Waals surface area contributed by atoms with E-state index in [0.29, 0.717) is 13.2 Å². The third-order valence-corrected chi connectivity index (χ3v) is 3.76. The highest BCUT2D eigenvalue weighted by Gasteiger charge is 2.14. The molecule has 0 saturated heterocycles. The molecule has 6 heteroatoms. The van der Waals surface area contributed by atoms with E-state index in [-0.39, 0.29) is 0 Å². The molecule has 1 aromatic carbocycles. The Hall–Kier alpha value is -2.08. The third kappa shape index (κ3) is 2.35. The van der Waals surface area contributed by atoms with Crippen molar-refractivity contribution < 1.29 is 9.47 Å². The minimum Gasteiger partial charge on any atom is -0.489 e. The summed E-state index contributed by atoms with van der Waals surface area (Å²) in [4.78, 5) is 12.1. The van der Waals surface area contributed by atoms with Gasteiger partial charge in [0.15, 0.2) is 11.5 Å². The predicted octanol–water partition coefficient (Wildman–Crippen LogP) is 3.55. The molecule has 4 rings (SSSR count). The van der Waals surface area contributed by atoms with Gasteiger partial charge in [0.1, 0.15) is 5.82 Å². The lowest BCUT2D eigenvalue weighted by atomic mass is 10.3. The summed E-state index contributed by atoms with van der Waals surface area (Å²) in [7, 11) is 0. The summed E-state index contributed by atoms with van der Waals surface area (Å²) in [6, 6.07) is 5.84. The van der Waals surface area contributed by atoms with Crippen LogP contribution in [0.5, 0.6) is 11.5 Å². The number of H-pyrrole nitrogens is 1. The first-order valence-electron chi connectivity index (χ1n) is 6.70. The van der Waals surface area contributed by atoms with Gasteiger partial charge in [-0.05, 0) is 22.0 Å². The van der Waals surface area contributed by atoms with Crippen LogP contribution in [-0.4, -0.2) is 28.2 Å². The number of nitrogens with zero attached hydrogens (tertiary/aromatic N) is 2. The molecule has 0 radical (unpaired) electrons. The quantitative estimate of drug-likeness (QED) is 0.732. The highest BCUT2D eigenvalue weighted by Crippen LogP contribution is 2.34. The lowest BCUT2D eigenvalue weighted by Crippen LogP contribution is -1.97. The van der Waals surface area contributed by atoms with Gasteiger partial charge >= 0.3 is 0 Å². The maximum atomic E-state index is 5.70. The zero-order chi connectivity index (χ0) is 14.2. The van der Waals surface area contributed by atoms with Gasteiger partial charge < -0.3 is 14.5 Å². The fourth-order valence-electron chi connectivity index (χ4n) is 2.34. The summed E-state index contributed by atoms with van der Waals surface area (Å²) >= 11 is 3.42. The molecular formula is C15H12BrN3O2. The number of aromatic nitrogens is 3. The Morgan fingerprint density at radius 1 is 1.05 bits per heavy atom. The molecule has 0 aliphatic carbocycles. The number of ether oxygens (including phenoxy) is 2. The Morgan fingerprint density at radius 3 is 2.67 bits per heavy atom. The largest absolute Gasteiger partial charge is 0.489 e. The van der Waals surface area contributed by atoms with Gasteiger partial charge in [0.25, 0.3) is 0 Å². The second-order valence-corrected chi connectivity index (χ2v) is 5.76. The highest BCUT2D eigenvalue weighted by atomic mass is 79.9. The molecule has 0 bridgehead atoms. The molecule has 3 aromatic rings. The number of imidazole rings is 1. The van der Waals surface area contributed by atoms with E-state index in [1.54, 1.807) is 12.4 Å². The molecule has 1 N–H and O–H groups in total. The minimum atomic E-state index is 0.672. The molecular weight excluding hydrogens is 334 g/mol. The first-order chi connectivity index (χ1) is 10.3. The van der Waals surface area contributed by atoms with Crippen LogP contribution < -0.4 is 9.47 Å². The number of nitrogens with one attached hydrogen (secondary N) is 1. The van der Waals surface area contributed by atoms with Crippen LogP contribution in [0.1, 0.15) is 6.42 Å². The molecule has 5 nitrogen and oxygen atoms in total. The summed E-state index contributed by atoms with van der Waals surface area (Å²) in [6.45, 7) is 1.35. The maximum absolute atomic E-state index is 5.70. The fourth-order valence-corrected chi connectivity index (χ4v) is 2.71. The molecule has 0 spiro atoms. The lowest BCUT2D eigenvalue weighted by Gasteiger charge is -2.05. The molecule has 0 fully saturated rings. The van der Waals surface area contributed by atoms with Crippen LogP contribution in [-0.2, 0) is 0 Å². The molecule has 106 valence electrons. The lowest BCUT2D eigenvalue weighted by molar-refractivity contribution is 0.297. The zero-order valence-electron chi connectivity index (χ0n) is 11.1. The van der Waals surface area contributed by atoms with Crippen molar-refractivity contribution in [1.82, 2.24) is 15.0 Å². The van der Waals surface area contributed by atoms with Gasteiger partial charge in [-0.15, -0.1) is 0 Å². The second-order valence-electron chi connectivity index (χ2n) is 4.84. The van der Waals surface area contributed by atoms with E-state index in [1.807, 2.05) is 18.2 Å². The maximum Gasteiger partial charge on any atom is 0.163 e. The van der Waals surface area contributed by atoms with E-state index >= 15 is 0 Å². The van der Waals surface area contributed by atoms with Gasteiger partial charge in [-0.1, -0.05) is 0 Å². The number of hydrogen-bond acceptors (Lipinski definition) is 4. The van der Waals surface area contributed by atoms with Crippen molar-refractivity contribution in [3.63, 3.8) is 0 Å². The Kier molecular flexibility index (Phi) is 3.03. The Bertz CT molecular complexity index is 773. The first-order valence-corrected chi connectivity index (χ1v) is 7.49. The molecule has 21 heavy (non-hydrogen) atoms. The molecule has 0 unspecified atom stereocenters. The molecule has 0 atom stereocenters. The fraction of sp³-hybridized carbons (Fsp3) is 0.200. The Labute approximate surface area is 129 Å². The number of fused-ring (bicyclic) bond motifs is 2. The Balaban J connectivity index is 1.83. The zero-order valence-corrected chi connectivity index (χ0v) is 12.7. The van der Waals surface area contributed by atoms with E-state index in [9.17, 15) is 0 Å². The molecule has 1 aliphatic heterocycles. The van der Waals surface area contributed by atoms with Crippen molar-refractivity contribution in [2.24, 2.45) is 0 Å². The van der Waals surface area contributed by atoms with Crippen molar-refractivity contribution >= 4 is 27.0 Å². The average Bonchev–Trinajstić information content (AvgIpc) is 2.76. The van der Waals surface area contributed by atoms with Crippen molar-refractivity contribution in [3.05, 3.63) is 35.1 Å². The second kappa shape index (κ2) is 5.04. The minimum absolute atomic E-state index is 0.672. The van der Waals surface area contributed by atoms with E-state index in [0.717, 1.165) is 44.8 Å². The van der Waals surface area contributed by atoms with Crippen LogP contribution in [0.2, 0.25) is 0 Å². The summed E-state index contributed by atoms with van der Waals surface area (Å²) < 4.78 is 12.3. The van der Waals surface area contributed by atoms with Gasteiger partial charge in [-0.25, -0.2) is 4.98 Å². The molecule has 3 heterocycles. The molecule has 0 amide bonds. The van der Waals surface area contributed by atoms with Crippen molar-refractivity contribution in [3.8, 4) is 22.9 Å². The summed E-state index contributed by atoms with van der Waals surface area (Å²) in [5, 5.41) is 0. The van der Waals surface area contributed by atoms with Gasteiger partial charge in [-0.3, -0.25) is 4.98 Å². The van der Waals surface area contributed by atoms with Crippen LogP contribution >= 0.6 is 15.9 Å².